The molecule has 0 radical (unpaired) electrons. The number of carbonyl (C=O) groups is 1. The summed E-state index contributed by atoms with van der Waals surface area (Å²) in [6.45, 7) is 0. The fourth-order valence-corrected chi connectivity index (χ4v) is 3.10. The molecule has 0 saturated heterocycles. The Morgan fingerprint density at radius 2 is 1.78 bits per heavy atom. The molecule has 1 N–H and O–H groups in total. The summed E-state index contributed by atoms with van der Waals surface area (Å²) in [7, 11) is 0. The Balaban J connectivity index is 2.00. The van der Waals surface area contributed by atoms with Crippen LogP contribution in [0.25, 0.3) is 0 Å². The van der Waals surface area contributed by atoms with Crippen LogP contribution in [0.3, 0.4) is 0 Å². The van der Waals surface area contributed by atoms with E-state index < -0.39 is 5.97 Å². The molecule has 0 amide bonds. The van der Waals surface area contributed by atoms with E-state index in [1.165, 1.54) is 18.4 Å². The van der Waals surface area contributed by atoms with Crippen molar-refractivity contribution in [2.45, 2.75) is 38.5 Å². The van der Waals surface area contributed by atoms with Gasteiger partial charge >= 0.3 is 5.97 Å². The third-order valence-corrected chi connectivity index (χ3v) is 4.17. The molecule has 2 rings (SSSR count). The quantitative estimate of drug-likeness (QED) is 0.888. The monoisotopic (exact) mass is 266 g/mol. The molecular formula is C15H19ClO2. The fourth-order valence-electron chi connectivity index (χ4n) is 2.97. The molecule has 98 valence electrons. The second-order valence-corrected chi connectivity index (χ2v) is 5.67. The average molecular weight is 267 g/mol. The molecule has 0 aromatic heterocycles. The number of carboxylic acids is 1. The molecule has 0 aliphatic heterocycles. The second kappa shape index (κ2) is 6.24. The van der Waals surface area contributed by atoms with E-state index >= 15 is 0 Å². The molecule has 0 spiro atoms. The Bertz CT molecular complexity index is 399. The number of aliphatic carboxylic acids is 1. The summed E-state index contributed by atoms with van der Waals surface area (Å²) in [4.78, 5) is 10.9. The topological polar surface area (TPSA) is 37.3 Å². The predicted molar refractivity (Wildman–Crippen MR) is 72.9 cm³/mol. The Hall–Kier alpha value is -1.02. The normalized spacial score (nSPS) is 23.8. The average Bonchev–Trinajstić information content (AvgIpc) is 2.34. The zero-order chi connectivity index (χ0) is 13.0. The van der Waals surface area contributed by atoms with Gasteiger partial charge in [-0.15, -0.1) is 0 Å². The van der Waals surface area contributed by atoms with Gasteiger partial charge in [0.15, 0.2) is 0 Å². The van der Waals surface area contributed by atoms with E-state index in [1.807, 2.05) is 12.1 Å². The summed E-state index contributed by atoms with van der Waals surface area (Å²) in [6, 6.07) is 7.92. The van der Waals surface area contributed by atoms with Crippen molar-refractivity contribution in [2.75, 3.05) is 0 Å². The molecule has 2 unspecified atom stereocenters. The van der Waals surface area contributed by atoms with Crippen LogP contribution < -0.4 is 0 Å². The van der Waals surface area contributed by atoms with Gasteiger partial charge in [0.05, 0.1) is 0 Å². The first-order chi connectivity index (χ1) is 8.65. The van der Waals surface area contributed by atoms with Gasteiger partial charge in [0.2, 0.25) is 0 Å². The first-order valence-corrected chi connectivity index (χ1v) is 6.99. The maximum Gasteiger partial charge on any atom is 0.303 e. The van der Waals surface area contributed by atoms with E-state index in [-0.39, 0.29) is 0 Å². The summed E-state index contributed by atoms with van der Waals surface area (Å²) in [6.07, 6.45) is 5.92. The van der Waals surface area contributed by atoms with Crippen LogP contribution in [0.5, 0.6) is 0 Å². The van der Waals surface area contributed by atoms with E-state index in [1.54, 1.807) is 0 Å². The van der Waals surface area contributed by atoms with Crippen LogP contribution in [0.1, 0.15) is 37.7 Å². The lowest BCUT2D eigenvalue weighted by Gasteiger charge is -2.30. The Kier molecular flexibility index (Phi) is 4.65. The highest BCUT2D eigenvalue weighted by Crippen LogP contribution is 2.34. The molecule has 1 aliphatic rings. The van der Waals surface area contributed by atoms with Gasteiger partial charge in [0.25, 0.3) is 0 Å². The standard InChI is InChI=1S/C15H19ClO2/c16-14-7-5-11(6-8-14)9-12-3-1-2-4-13(12)10-15(17)18/h5-8,12-13H,1-4,9-10H2,(H,17,18). The van der Waals surface area contributed by atoms with Crippen LogP contribution in [0.15, 0.2) is 24.3 Å². The van der Waals surface area contributed by atoms with Crippen molar-refractivity contribution >= 4 is 17.6 Å². The summed E-state index contributed by atoms with van der Waals surface area (Å²) < 4.78 is 0. The summed E-state index contributed by atoms with van der Waals surface area (Å²) in [5.41, 5.74) is 1.27. The van der Waals surface area contributed by atoms with Gasteiger partial charge in [-0.3, -0.25) is 4.79 Å². The molecule has 1 aromatic carbocycles. The van der Waals surface area contributed by atoms with Crippen molar-refractivity contribution in [3.63, 3.8) is 0 Å². The fraction of sp³-hybridized carbons (Fsp3) is 0.533. The number of hydrogen-bond acceptors (Lipinski definition) is 1. The summed E-state index contributed by atoms with van der Waals surface area (Å²) >= 11 is 5.87. The van der Waals surface area contributed by atoms with Gasteiger partial charge in [-0.25, -0.2) is 0 Å². The molecule has 1 aromatic rings. The third-order valence-electron chi connectivity index (χ3n) is 3.91. The molecule has 1 aliphatic carbocycles. The van der Waals surface area contributed by atoms with Crippen LogP contribution in [-0.4, -0.2) is 11.1 Å². The summed E-state index contributed by atoms with van der Waals surface area (Å²) in [5.74, 6) is 0.186. The molecule has 0 bridgehead atoms. The Morgan fingerprint density at radius 1 is 1.17 bits per heavy atom. The lowest BCUT2D eigenvalue weighted by Crippen LogP contribution is -2.24. The van der Waals surface area contributed by atoms with Gasteiger partial charge in [-0.2, -0.15) is 0 Å². The molecule has 0 heterocycles. The lowest BCUT2D eigenvalue weighted by atomic mass is 9.75. The van der Waals surface area contributed by atoms with E-state index in [4.69, 9.17) is 16.7 Å². The smallest absolute Gasteiger partial charge is 0.303 e. The van der Waals surface area contributed by atoms with Gasteiger partial charge in [-0.05, 0) is 48.8 Å². The minimum Gasteiger partial charge on any atom is -0.481 e. The minimum absolute atomic E-state index is 0.318. The van der Waals surface area contributed by atoms with Crippen LogP contribution >= 0.6 is 11.6 Å². The molecular weight excluding hydrogens is 248 g/mol. The molecule has 2 nitrogen and oxygen atoms in total. The Labute approximate surface area is 113 Å². The number of carboxylic acid groups (broad SMARTS) is 1. The third kappa shape index (κ3) is 3.74. The van der Waals surface area contributed by atoms with Crippen molar-refractivity contribution < 1.29 is 9.90 Å². The van der Waals surface area contributed by atoms with Crippen molar-refractivity contribution in [1.29, 1.82) is 0 Å². The zero-order valence-electron chi connectivity index (χ0n) is 10.4. The van der Waals surface area contributed by atoms with Gasteiger partial charge in [0.1, 0.15) is 0 Å². The second-order valence-electron chi connectivity index (χ2n) is 5.23. The van der Waals surface area contributed by atoms with E-state index in [2.05, 4.69) is 12.1 Å². The number of rotatable bonds is 4. The van der Waals surface area contributed by atoms with Gasteiger partial charge < -0.3 is 5.11 Å². The van der Waals surface area contributed by atoms with Crippen LogP contribution in [0, 0.1) is 11.8 Å². The Morgan fingerprint density at radius 3 is 2.39 bits per heavy atom. The largest absolute Gasteiger partial charge is 0.481 e. The maximum absolute atomic E-state index is 10.9. The van der Waals surface area contributed by atoms with Crippen LogP contribution in [-0.2, 0) is 11.2 Å². The molecule has 1 saturated carbocycles. The summed E-state index contributed by atoms with van der Waals surface area (Å²) in [5, 5.41) is 9.72. The molecule has 2 atom stereocenters. The highest BCUT2D eigenvalue weighted by molar-refractivity contribution is 6.30. The van der Waals surface area contributed by atoms with Crippen molar-refractivity contribution in [1.82, 2.24) is 0 Å². The first kappa shape index (κ1) is 13.4. The predicted octanol–water partition coefficient (Wildman–Crippen LogP) is 4.16. The van der Waals surface area contributed by atoms with Crippen LogP contribution in [0.4, 0.5) is 0 Å². The maximum atomic E-state index is 10.9. The van der Waals surface area contributed by atoms with Gasteiger partial charge in [0, 0.05) is 11.4 Å². The molecule has 18 heavy (non-hydrogen) atoms. The van der Waals surface area contributed by atoms with Gasteiger partial charge in [-0.1, -0.05) is 36.6 Å². The first-order valence-electron chi connectivity index (χ1n) is 6.61. The molecule has 3 heteroatoms. The highest BCUT2D eigenvalue weighted by atomic mass is 35.5. The van der Waals surface area contributed by atoms with E-state index in [9.17, 15) is 4.79 Å². The zero-order valence-corrected chi connectivity index (χ0v) is 11.2. The van der Waals surface area contributed by atoms with Crippen molar-refractivity contribution in [3.05, 3.63) is 34.9 Å². The number of halogens is 1. The highest BCUT2D eigenvalue weighted by Gasteiger charge is 2.26. The van der Waals surface area contributed by atoms with Crippen LogP contribution in [0.2, 0.25) is 5.02 Å². The van der Waals surface area contributed by atoms with E-state index in [0.29, 0.717) is 18.3 Å². The SMILES string of the molecule is O=C(O)CC1CCCCC1Cc1ccc(Cl)cc1. The van der Waals surface area contributed by atoms with Crippen molar-refractivity contribution in [3.8, 4) is 0 Å². The van der Waals surface area contributed by atoms with E-state index in [0.717, 1.165) is 24.3 Å². The number of benzene rings is 1. The number of hydrogen-bond donors (Lipinski definition) is 1. The molecule has 1 fully saturated rings. The lowest BCUT2D eigenvalue weighted by molar-refractivity contribution is -0.138. The van der Waals surface area contributed by atoms with Crippen molar-refractivity contribution in [2.24, 2.45) is 11.8 Å². The minimum atomic E-state index is -0.664.